The number of aromatic nitrogens is 2. The molecule has 0 bridgehead atoms. The Morgan fingerprint density at radius 3 is 2.86 bits per heavy atom. The average molecular weight is 297 g/mol. The van der Waals surface area contributed by atoms with Gasteiger partial charge >= 0.3 is 5.97 Å². The highest BCUT2D eigenvalue weighted by Gasteiger charge is 2.31. The molecule has 2 rings (SSSR count). The molecular formula is C13H19N3O5. The number of ether oxygens (including phenoxy) is 1. The second-order valence-corrected chi connectivity index (χ2v) is 5.38. The first-order valence-corrected chi connectivity index (χ1v) is 6.64. The first-order valence-electron chi connectivity index (χ1n) is 6.64. The number of rotatable bonds is 5. The monoisotopic (exact) mass is 297 g/mol. The summed E-state index contributed by atoms with van der Waals surface area (Å²) in [6, 6.07) is 1.39. The zero-order valence-electron chi connectivity index (χ0n) is 12.0. The van der Waals surface area contributed by atoms with Gasteiger partial charge in [0.05, 0.1) is 24.5 Å². The van der Waals surface area contributed by atoms with Gasteiger partial charge in [0.15, 0.2) is 5.60 Å². The Hall–Kier alpha value is -1.93. The molecule has 21 heavy (non-hydrogen) atoms. The predicted molar refractivity (Wildman–Crippen MR) is 74.4 cm³/mol. The van der Waals surface area contributed by atoms with Crippen molar-refractivity contribution >= 4 is 11.7 Å². The average Bonchev–Trinajstić information content (AvgIpc) is 2.89. The van der Waals surface area contributed by atoms with Crippen molar-refractivity contribution in [1.82, 2.24) is 9.78 Å². The number of methoxy groups -OCH3 is 1. The molecule has 1 aliphatic rings. The Kier molecular flexibility index (Phi) is 4.29. The van der Waals surface area contributed by atoms with Crippen LogP contribution < -0.4 is 10.5 Å². The summed E-state index contributed by atoms with van der Waals surface area (Å²) in [5.74, 6) is -1.40. The first kappa shape index (κ1) is 15.5. The van der Waals surface area contributed by atoms with E-state index in [2.05, 4.69) is 5.10 Å². The lowest BCUT2D eigenvalue weighted by molar-refractivity contribution is -0.158. The number of anilines is 1. The van der Waals surface area contributed by atoms with Gasteiger partial charge in [-0.25, -0.2) is 9.48 Å². The molecule has 0 radical (unpaired) electrons. The second-order valence-electron chi connectivity index (χ2n) is 5.38. The van der Waals surface area contributed by atoms with Crippen LogP contribution in [0.3, 0.4) is 0 Å². The zero-order valence-corrected chi connectivity index (χ0v) is 12.0. The fourth-order valence-electron chi connectivity index (χ4n) is 2.23. The van der Waals surface area contributed by atoms with Crippen molar-refractivity contribution in [1.29, 1.82) is 0 Å². The predicted octanol–water partition coefficient (Wildman–Crippen LogP) is -0.696. The lowest BCUT2D eigenvalue weighted by Gasteiger charge is -2.20. The summed E-state index contributed by atoms with van der Waals surface area (Å²) >= 11 is 0. The molecule has 1 aromatic heterocycles. The minimum Gasteiger partial charge on any atom is -0.479 e. The number of hydrogen-bond acceptors (Lipinski definition) is 6. The van der Waals surface area contributed by atoms with Crippen LogP contribution in [0.5, 0.6) is 0 Å². The van der Waals surface area contributed by atoms with E-state index < -0.39 is 23.7 Å². The molecule has 0 spiro atoms. The van der Waals surface area contributed by atoms with Gasteiger partial charge in [0.1, 0.15) is 0 Å². The number of aliphatic carboxylic acids is 1. The van der Waals surface area contributed by atoms with E-state index in [1.54, 1.807) is 7.11 Å². The van der Waals surface area contributed by atoms with Crippen molar-refractivity contribution in [3.8, 4) is 0 Å². The molecule has 1 aliphatic heterocycles. The largest absolute Gasteiger partial charge is 0.479 e. The van der Waals surface area contributed by atoms with Crippen LogP contribution in [-0.2, 0) is 16.1 Å². The molecule has 2 N–H and O–H groups in total. The maximum absolute atomic E-state index is 12.0. The molecule has 8 nitrogen and oxygen atoms in total. The van der Waals surface area contributed by atoms with Crippen molar-refractivity contribution < 1.29 is 19.7 Å². The third-order valence-electron chi connectivity index (χ3n) is 3.62. The number of carboxylic acid groups (broad SMARTS) is 1. The maximum atomic E-state index is 12.0. The number of nitrogens with zero attached hydrogens (tertiary/aromatic N) is 3. The molecule has 0 amide bonds. The van der Waals surface area contributed by atoms with Gasteiger partial charge in [-0.3, -0.25) is 4.79 Å². The van der Waals surface area contributed by atoms with E-state index in [1.807, 2.05) is 4.90 Å². The van der Waals surface area contributed by atoms with Crippen molar-refractivity contribution in [2.45, 2.75) is 31.6 Å². The summed E-state index contributed by atoms with van der Waals surface area (Å²) in [5.41, 5.74) is -1.81. The van der Waals surface area contributed by atoms with E-state index >= 15 is 0 Å². The van der Waals surface area contributed by atoms with Crippen LogP contribution >= 0.6 is 0 Å². The van der Waals surface area contributed by atoms with Gasteiger partial charge in [-0.05, 0) is 13.3 Å². The van der Waals surface area contributed by atoms with Gasteiger partial charge in [0, 0.05) is 26.3 Å². The summed E-state index contributed by atoms with van der Waals surface area (Å²) in [5, 5.41) is 22.5. The Morgan fingerprint density at radius 2 is 2.33 bits per heavy atom. The molecule has 116 valence electrons. The quantitative estimate of drug-likeness (QED) is 0.740. The van der Waals surface area contributed by atoms with Crippen molar-refractivity contribution in [3.05, 3.63) is 22.6 Å². The summed E-state index contributed by atoms with van der Waals surface area (Å²) in [6.07, 6.45) is 2.52. The summed E-state index contributed by atoms with van der Waals surface area (Å²) in [6.45, 7) is 2.19. The minimum absolute atomic E-state index is 0.139. The Labute approximate surface area is 121 Å². The van der Waals surface area contributed by atoms with Crippen LogP contribution in [0.2, 0.25) is 0 Å². The highest BCUT2D eigenvalue weighted by molar-refractivity contribution is 5.76. The molecule has 8 heteroatoms. The van der Waals surface area contributed by atoms with E-state index in [0.29, 0.717) is 12.2 Å². The topological polar surface area (TPSA) is 105 Å². The van der Waals surface area contributed by atoms with Crippen LogP contribution in [0.4, 0.5) is 5.69 Å². The van der Waals surface area contributed by atoms with E-state index in [9.17, 15) is 14.7 Å². The van der Waals surface area contributed by atoms with Crippen molar-refractivity contribution in [2.24, 2.45) is 0 Å². The summed E-state index contributed by atoms with van der Waals surface area (Å²) in [4.78, 5) is 24.8. The van der Waals surface area contributed by atoms with E-state index in [-0.39, 0.29) is 6.10 Å². The SMILES string of the molecule is COC1CCN(c2cnn(CC(C)(O)C(=O)O)c(=O)c2)C1. The summed E-state index contributed by atoms with van der Waals surface area (Å²) in [7, 11) is 1.65. The first-order chi connectivity index (χ1) is 9.83. The molecule has 0 aromatic carbocycles. The van der Waals surface area contributed by atoms with Gasteiger partial charge in [-0.2, -0.15) is 5.10 Å². The smallest absolute Gasteiger partial charge is 0.337 e. The maximum Gasteiger partial charge on any atom is 0.337 e. The van der Waals surface area contributed by atoms with E-state index in [0.717, 1.165) is 24.6 Å². The molecule has 1 aromatic rings. The Bertz CT molecular complexity index is 583. The number of hydrogen-bond donors (Lipinski definition) is 2. The van der Waals surface area contributed by atoms with Crippen LogP contribution in [0, 0.1) is 0 Å². The molecular weight excluding hydrogens is 278 g/mol. The Balaban J connectivity index is 2.15. The minimum atomic E-state index is -2.03. The molecule has 2 heterocycles. The fraction of sp³-hybridized carbons (Fsp3) is 0.615. The molecule has 2 atom stereocenters. The molecule has 1 fully saturated rings. The third kappa shape index (κ3) is 3.40. The second kappa shape index (κ2) is 5.82. The highest BCUT2D eigenvalue weighted by atomic mass is 16.5. The van der Waals surface area contributed by atoms with Crippen LogP contribution in [0.1, 0.15) is 13.3 Å². The Morgan fingerprint density at radius 1 is 1.62 bits per heavy atom. The van der Waals surface area contributed by atoms with Gasteiger partial charge < -0.3 is 19.8 Å². The third-order valence-corrected chi connectivity index (χ3v) is 3.62. The van der Waals surface area contributed by atoms with Crippen LogP contribution in [0.25, 0.3) is 0 Å². The van der Waals surface area contributed by atoms with Gasteiger partial charge in [0.2, 0.25) is 0 Å². The fourth-order valence-corrected chi connectivity index (χ4v) is 2.23. The van der Waals surface area contributed by atoms with E-state index in [4.69, 9.17) is 9.84 Å². The number of carboxylic acids is 1. The highest BCUT2D eigenvalue weighted by Crippen LogP contribution is 2.19. The molecule has 0 aliphatic carbocycles. The summed E-state index contributed by atoms with van der Waals surface area (Å²) < 4.78 is 6.21. The van der Waals surface area contributed by atoms with Gasteiger partial charge in [0.25, 0.3) is 5.56 Å². The van der Waals surface area contributed by atoms with E-state index in [1.165, 1.54) is 12.3 Å². The van der Waals surface area contributed by atoms with Gasteiger partial charge in [-0.15, -0.1) is 0 Å². The molecule has 1 saturated heterocycles. The molecule has 0 saturated carbocycles. The normalized spacial score (nSPS) is 21.3. The van der Waals surface area contributed by atoms with Gasteiger partial charge in [-0.1, -0.05) is 0 Å². The zero-order chi connectivity index (χ0) is 15.6. The number of carbonyl (C=O) groups is 1. The van der Waals surface area contributed by atoms with Crippen LogP contribution in [-0.4, -0.2) is 57.9 Å². The van der Waals surface area contributed by atoms with Crippen molar-refractivity contribution in [3.63, 3.8) is 0 Å². The standard InChI is InChI=1S/C13H19N3O5/c1-13(20,12(18)19)8-16-11(17)5-9(6-14-16)15-4-3-10(7-15)21-2/h5-6,10,20H,3-4,7-8H2,1-2H3,(H,18,19). The lowest BCUT2D eigenvalue weighted by Crippen LogP contribution is -2.43. The lowest BCUT2D eigenvalue weighted by atomic mass is 10.1. The van der Waals surface area contributed by atoms with Crippen LogP contribution in [0.15, 0.2) is 17.1 Å². The van der Waals surface area contributed by atoms with Crippen molar-refractivity contribution in [2.75, 3.05) is 25.1 Å². The molecule has 2 unspecified atom stereocenters. The number of aliphatic hydroxyl groups is 1.